The fraction of sp³-hybridized carbons (Fsp3) is 0.500. The summed E-state index contributed by atoms with van der Waals surface area (Å²) in [6.07, 6.45) is 2.92. The second kappa shape index (κ2) is 4.02. The van der Waals surface area contributed by atoms with Crippen LogP contribution in [0.4, 0.5) is 4.39 Å². The summed E-state index contributed by atoms with van der Waals surface area (Å²) in [7, 11) is 2.02. The minimum Gasteiger partial charge on any atom is -0.314 e. The van der Waals surface area contributed by atoms with Crippen molar-refractivity contribution in [2.75, 3.05) is 26.7 Å². The summed E-state index contributed by atoms with van der Waals surface area (Å²) in [5.74, 6) is -0.215. The van der Waals surface area contributed by atoms with Crippen molar-refractivity contribution in [2.24, 2.45) is 0 Å². The molecule has 2 rings (SSSR count). The second-order valence-electron chi connectivity index (χ2n) is 3.60. The number of aromatic nitrogens is 1. The Hall–Kier alpha value is -1.00. The number of hydrogen-bond donors (Lipinski definition) is 1. The van der Waals surface area contributed by atoms with Crippen LogP contribution < -0.4 is 5.32 Å². The van der Waals surface area contributed by atoms with Gasteiger partial charge in [-0.2, -0.15) is 0 Å². The van der Waals surface area contributed by atoms with E-state index in [1.54, 1.807) is 12.3 Å². The molecule has 1 aliphatic rings. The van der Waals surface area contributed by atoms with Crippen molar-refractivity contribution in [1.82, 2.24) is 15.2 Å². The monoisotopic (exact) mass is 195 g/mol. The van der Waals surface area contributed by atoms with E-state index in [1.165, 1.54) is 6.20 Å². The van der Waals surface area contributed by atoms with Crippen LogP contribution in [0.5, 0.6) is 0 Å². The van der Waals surface area contributed by atoms with Gasteiger partial charge in [0.15, 0.2) is 0 Å². The third-order valence-corrected chi connectivity index (χ3v) is 2.67. The van der Waals surface area contributed by atoms with Crippen molar-refractivity contribution < 1.29 is 4.39 Å². The Labute approximate surface area is 82.9 Å². The first-order valence-electron chi connectivity index (χ1n) is 4.79. The molecule has 1 fully saturated rings. The summed E-state index contributed by atoms with van der Waals surface area (Å²) < 4.78 is 13.4. The first-order chi connectivity index (χ1) is 6.79. The van der Waals surface area contributed by atoms with Gasteiger partial charge in [0.25, 0.3) is 0 Å². The molecule has 1 atom stereocenters. The van der Waals surface area contributed by atoms with Crippen molar-refractivity contribution >= 4 is 0 Å². The van der Waals surface area contributed by atoms with E-state index in [1.807, 2.05) is 7.05 Å². The molecule has 3 nitrogen and oxygen atoms in total. The maximum Gasteiger partial charge on any atom is 0.146 e. The normalized spacial score (nSPS) is 23.7. The zero-order valence-electron chi connectivity index (χ0n) is 8.20. The van der Waals surface area contributed by atoms with Crippen LogP contribution in [0.3, 0.4) is 0 Å². The third-order valence-electron chi connectivity index (χ3n) is 2.67. The third kappa shape index (κ3) is 1.76. The highest BCUT2D eigenvalue weighted by Crippen LogP contribution is 2.22. The van der Waals surface area contributed by atoms with Gasteiger partial charge in [-0.25, -0.2) is 4.39 Å². The van der Waals surface area contributed by atoms with E-state index in [4.69, 9.17) is 0 Å². The average Bonchev–Trinajstić information content (AvgIpc) is 2.20. The molecule has 1 aromatic rings. The Morgan fingerprint density at radius 1 is 1.64 bits per heavy atom. The lowest BCUT2D eigenvalue weighted by Gasteiger charge is -2.33. The van der Waals surface area contributed by atoms with Crippen molar-refractivity contribution in [1.29, 1.82) is 0 Å². The molecule has 1 unspecified atom stereocenters. The Bertz CT molecular complexity index is 316. The summed E-state index contributed by atoms with van der Waals surface area (Å²) in [6.45, 7) is 2.73. The van der Waals surface area contributed by atoms with E-state index in [-0.39, 0.29) is 11.9 Å². The van der Waals surface area contributed by atoms with Gasteiger partial charge >= 0.3 is 0 Å². The largest absolute Gasteiger partial charge is 0.314 e. The van der Waals surface area contributed by atoms with Crippen LogP contribution in [-0.2, 0) is 0 Å². The fourth-order valence-corrected chi connectivity index (χ4v) is 1.81. The molecule has 1 N–H and O–H groups in total. The van der Waals surface area contributed by atoms with Gasteiger partial charge in [0.05, 0.1) is 6.20 Å². The lowest BCUT2D eigenvalue weighted by atomic mass is 10.1. The van der Waals surface area contributed by atoms with Gasteiger partial charge < -0.3 is 5.32 Å². The number of nitrogens with zero attached hydrogens (tertiary/aromatic N) is 2. The molecule has 0 amide bonds. The maximum atomic E-state index is 13.4. The van der Waals surface area contributed by atoms with Crippen molar-refractivity contribution in [3.63, 3.8) is 0 Å². The molecule has 4 heteroatoms. The molecular formula is C10H14FN3. The SMILES string of the molecule is CN1CCNCC1c1ccncc1F. The number of rotatable bonds is 1. The highest BCUT2D eigenvalue weighted by atomic mass is 19.1. The zero-order valence-corrected chi connectivity index (χ0v) is 8.20. The molecule has 14 heavy (non-hydrogen) atoms. The Morgan fingerprint density at radius 2 is 2.50 bits per heavy atom. The minimum absolute atomic E-state index is 0.131. The van der Waals surface area contributed by atoms with Gasteiger partial charge in [-0.15, -0.1) is 0 Å². The molecule has 1 aromatic heterocycles. The molecule has 0 aliphatic carbocycles. The van der Waals surface area contributed by atoms with E-state index in [0.717, 1.165) is 25.2 Å². The van der Waals surface area contributed by atoms with Gasteiger partial charge in [0.1, 0.15) is 5.82 Å². The molecule has 1 aliphatic heterocycles. The van der Waals surface area contributed by atoms with Gasteiger partial charge in [-0.3, -0.25) is 9.88 Å². The summed E-state index contributed by atoms with van der Waals surface area (Å²) in [6, 6.07) is 1.88. The summed E-state index contributed by atoms with van der Waals surface area (Å²) in [4.78, 5) is 5.91. The first-order valence-corrected chi connectivity index (χ1v) is 4.79. The van der Waals surface area contributed by atoms with Crippen LogP contribution in [0, 0.1) is 5.82 Å². The topological polar surface area (TPSA) is 28.2 Å². The predicted molar refractivity (Wildman–Crippen MR) is 52.4 cm³/mol. The number of pyridine rings is 1. The number of piperazine rings is 1. The Balaban J connectivity index is 2.25. The van der Waals surface area contributed by atoms with Crippen LogP contribution >= 0.6 is 0 Å². The minimum atomic E-state index is -0.215. The average molecular weight is 195 g/mol. The van der Waals surface area contributed by atoms with E-state index >= 15 is 0 Å². The molecule has 0 saturated carbocycles. The lowest BCUT2D eigenvalue weighted by molar-refractivity contribution is 0.198. The van der Waals surface area contributed by atoms with Crippen LogP contribution in [0.1, 0.15) is 11.6 Å². The highest BCUT2D eigenvalue weighted by Gasteiger charge is 2.22. The van der Waals surface area contributed by atoms with E-state index in [2.05, 4.69) is 15.2 Å². The predicted octanol–water partition coefficient (Wildman–Crippen LogP) is 0.797. The quantitative estimate of drug-likeness (QED) is 0.718. The Morgan fingerprint density at radius 3 is 3.21 bits per heavy atom. The second-order valence-corrected chi connectivity index (χ2v) is 3.60. The van der Waals surface area contributed by atoms with Crippen LogP contribution in [0.25, 0.3) is 0 Å². The van der Waals surface area contributed by atoms with Crippen molar-refractivity contribution in [2.45, 2.75) is 6.04 Å². The van der Waals surface area contributed by atoms with Crippen LogP contribution in [-0.4, -0.2) is 36.6 Å². The molecule has 2 heterocycles. The molecular weight excluding hydrogens is 181 g/mol. The smallest absolute Gasteiger partial charge is 0.146 e. The number of halogens is 1. The summed E-state index contributed by atoms with van der Waals surface area (Å²) in [5.41, 5.74) is 0.731. The lowest BCUT2D eigenvalue weighted by Crippen LogP contribution is -2.44. The molecule has 0 spiro atoms. The highest BCUT2D eigenvalue weighted by molar-refractivity contribution is 5.18. The molecule has 0 bridgehead atoms. The fourth-order valence-electron chi connectivity index (χ4n) is 1.81. The Kier molecular flexibility index (Phi) is 2.74. The first kappa shape index (κ1) is 9.55. The van der Waals surface area contributed by atoms with E-state index < -0.39 is 0 Å². The van der Waals surface area contributed by atoms with Crippen molar-refractivity contribution in [3.8, 4) is 0 Å². The zero-order chi connectivity index (χ0) is 9.97. The maximum absolute atomic E-state index is 13.4. The van der Waals surface area contributed by atoms with E-state index in [0.29, 0.717) is 0 Å². The summed E-state index contributed by atoms with van der Waals surface area (Å²) >= 11 is 0. The molecule has 76 valence electrons. The molecule has 1 saturated heterocycles. The number of hydrogen-bond acceptors (Lipinski definition) is 3. The van der Waals surface area contributed by atoms with Crippen LogP contribution in [0.15, 0.2) is 18.5 Å². The van der Waals surface area contributed by atoms with E-state index in [9.17, 15) is 4.39 Å². The number of nitrogens with one attached hydrogen (secondary N) is 1. The van der Waals surface area contributed by atoms with Gasteiger partial charge in [0.2, 0.25) is 0 Å². The van der Waals surface area contributed by atoms with Gasteiger partial charge in [0, 0.05) is 37.4 Å². The van der Waals surface area contributed by atoms with Crippen molar-refractivity contribution in [3.05, 3.63) is 29.8 Å². The van der Waals surface area contributed by atoms with Gasteiger partial charge in [-0.1, -0.05) is 0 Å². The van der Waals surface area contributed by atoms with Crippen LogP contribution in [0.2, 0.25) is 0 Å². The summed E-state index contributed by atoms with van der Waals surface area (Å²) in [5, 5.41) is 3.26. The molecule has 0 aromatic carbocycles. The number of likely N-dealkylation sites (N-methyl/N-ethyl adjacent to an activating group) is 1. The van der Waals surface area contributed by atoms with Gasteiger partial charge in [-0.05, 0) is 13.1 Å². The molecule has 0 radical (unpaired) electrons. The standard InChI is InChI=1S/C10H14FN3/c1-14-5-4-13-7-10(14)8-2-3-12-6-9(8)11/h2-3,6,10,13H,4-5,7H2,1H3.